The van der Waals surface area contributed by atoms with Gasteiger partial charge in [0.15, 0.2) is 0 Å². The molecule has 0 atom stereocenters. The molecule has 1 aromatic rings. The minimum absolute atomic E-state index is 0. The lowest BCUT2D eigenvalue weighted by molar-refractivity contribution is -0.131. The van der Waals surface area contributed by atoms with Gasteiger partial charge in [0.1, 0.15) is 0 Å². The zero-order valence-electron chi connectivity index (χ0n) is 6.18. The maximum absolute atomic E-state index is 10.1. The second-order valence-corrected chi connectivity index (χ2v) is 1.93. The van der Waals surface area contributed by atoms with Crippen LogP contribution in [-0.2, 0) is 4.79 Å². The van der Waals surface area contributed by atoms with E-state index in [0.717, 1.165) is 6.08 Å². The summed E-state index contributed by atoms with van der Waals surface area (Å²) in [7, 11) is 0. The van der Waals surface area contributed by atoms with E-state index in [1.54, 1.807) is 24.4 Å². The van der Waals surface area contributed by atoms with Crippen LogP contribution >= 0.6 is 12.4 Å². The summed E-state index contributed by atoms with van der Waals surface area (Å²) in [6.07, 6.45) is 4.12. The molecule has 0 bridgehead atoms. The number of carbonyl (C=O) groups is 1. The molecule has 0 aliphatic carbocycles. The normalized spacial score (nSPS) is 9.33. The molecule has 0 aliphatic heterocycles. The highest BCUT2D eigenvalue weighted by Crippen LogP contribution is 1.95. The van der Waals surface area contributed by atoms with Crippen LogP contribution < -0.4 is 0 Å². The third-order valence-corrected chi connectivity index (χ3v) is 1.08. The van der Waals surface area contributed by atoms with Crippen LogP contribution in [0.3, 0.4) is 0 Å². The van der Waals surface area contributed by atoms with Crippen LogP contribution in [0, 0.1) is 0 Å². The van der Waals surface area contributed by atoms with Gasteiger partial charge < -0.3 is 5.11 Å². The van der Waals surface area contributed by atoms with E-state index >= 15 is 0 Å². The number of rotatable bonds is 2. The van der Waals surface area contributed by atoms with Gasteiger partial charge in [0, 0.05) is 12.3 Å². The average Bonchev–Trinajstić information content (AvgIpc) is 2.03. The van der Waals surface area contributed by atoms with Gasteiger partial charge in [0.05, 0.1) is 5.69 Å². The molecule has 0 radical (unpaired) electrons. The number of nitrogens with zero attached hydrogens (tertiary/aromatic N) is 1. The van der Waals surface area contributed by atoms with E-state index in [1.807, 2.05) is 0 Å². The van der Waals surface area contributed by atoms with Crippen LogP contribution in [0.5, 0.6) is 0 Å². The third-order valence-electron chi connectivity index (χ3n) is 1.08. The van der Waals surface area contributed by atoms with Crippen molar-refractivity contribution in [3.05, 3.63) is 36.2 Å². The first-order chi connectivity index (χ1) is 5.29. The predicted octanol–water partition coefficient (Wildman–Crippen LogP) is 1.60. The first kappa shape index (κ1) is 10.7. The van der Waals surface area contributed by atoms with Crippen molar-refractivity contribution < 1.29 is 9.90 Å². The van der Waals surface area contributed by atoms with Crippen molar-refractivity contribution in [3.63, 3.8) is 0 Å². The lowest BCUT2D eigenvalue weighted by Gasteiger charge is -1.87. The largest absolute Gasteiger partial charge is 0.478 e. The van der Waals surface area contributed by atoms with Crippen molar-refractivity contribution in [2.45, 2.75) is 0 Å². The van der Waals surface area contributed by atoms with E-state index in [2.05, 4.69) is 4.98 Å². The quantitative estimate of drug-likeness (QED) is 0.713. The number of carboxylic acids is 1. The number of aliphatic carboxylic acids is 1. The van der Waals surface area contributed by atoms with Crippen LogP contribution in [-0.4, -0.2) is 16.1 Å². The number of hydrogen-bond acceptors (Lipinski definition) is 2. The molecule has 0 saturated carbocycles. The van der Waals surface area contributed by atoms with Gasteiger partial charge in [0.2, 0.25) is 0 Å². The molecular weight excluding hydrogens is 178 g/mol. The molecule has 0 fully saturated rings. The van der Waals surface area contributed by atoms with Crippen LogP contribution in [0.2, 0.25) is 0 Å². The minimum Gasteiger partial charge on any atom is -0.478 e. The topological polar surface area (TPSA) is 50.2 Å². The molecule has 4 heteroatoms. The molecular formula is C8H8ClNO2. The number of halogens is 1. The molecule has 0 spiro atoms. The van der Waals surface area contributed by atoms with Crippen molar-refractivity contribution in [1.29, 1.82) is 0 Å². The summed E-state index contributed by atoms with van der Waals surface area (Å²) in [6.45, 7) is 0. The lowest BCUT2D eigenvalue weighted by atomic mass is 10.3. The highest BCUT2D eigenvalue weighted by Gasteiger charge is 1.87. The van der Waals surface area contributed by atoms with Crippen molar-refractivity contribution in [3.8, 4) is 0 Å². The summed E-state index contributed by atoms with van der Waals surface area (Å²) in [5.74, 6) is -0.962. The Labute approximate surface area is 76.2 Å². The van der Waals surface area contributed by atoms with E-state index in [4.69, 9.17) is 5.11 Å². The molecule has 64 valence electrons. The van der Waals surface area contributed by atoms with Crippen molar-refractivity contribution in [1.82, 2.24) is 4.98 Å². The molecule has 12 heavy (non-hydrogen) atoms. The molecule has 1 N–H and O–H groups in total. The third kappa shape index (κ3) is 3.73. The van der Waals surface area contributed by atoms with Crippen molar-refractivity contribution in [2.75, 3.05) is 0 Å². The number of hydrogen-bond donors (Lipinski definition) is 1. The number of pyridine rings is 1. The fraction of sp³-hybridized carbons (Fsp3) is 0. The smallest absolute Gasteiger partial charge is 0.328 e. The van der Waals surface area contributed by atoms with Gasteiger partial charge in [-0.05, 0) is 18.2 Å². The molecule has 1 aromatic heterocycles. The molecule has 0 aliphatic rings. The monoisotopic (exact) mass is 185 g/mol. The second-order valence-electron chi connectivity index (χ2n) is 1.93. The SMILES string of the molecule is Cl.O=C(O)C=Cc1ccccn1. The number of carboxylic acid groups (broad SMARTS) is 1. The Morgan fingerprint density at radius 1 is 1.50 bits per heavy atom. The fourth-order valence-corrected chi connectivity index (χ4v) is 0.631. The average molecular weight is 186 g/mol. The van der Waals surface area contributed by atoms with E-state index in [0.29, 0.717) is 5.69 Å². The Hall–Kier alpha value is -1.35. The van der Waals surface area contributed by atoms with Crippen molar-refractivity contribution in [2.24, 2.45) is 0 Å². The maximum atomic E-state index is 10.1. The van der Waals surface area contributed by atoms with Gasteiger partial charge in [-0.3, -0.25) is 4.98 Å². The molecule has 0 aromatic carbocycles. The molecule has 0 unspecified atom stereocenters. The molecule has 1 heterocycles. The van der Waals surface area contributed by atoms with E-state index in [1.165, 1.54) is 6.08 Å². The molecule has 0 saturated heterocycles. The maximum Gasteiger partial charge on any atom is 0.328 e. The van der Waals surface area contributed by atoms with Gasteiger partial charge in [-0.2, -0.15) is 0 Å². The summed E-state index contributed by atoms with van der Waals surface area (Å²) >= 11 is 0. The lowest BCUT2D eigenvalue weighted by Crippen LogP contribution is -1.86. The Morgan fingerprint density at radius 2 is 2.25 bits per heavy atom. The standard InChI is InChI=1S/C8H7NO2.ClH/c10-8(11)5-4-7-3-1-2-6-9-7;/h1-6H,(H,10,11);1H. The highest BCUT2D eigenvalue weighted by atomic mass is 35.5. The van der Waals surface area contributed by atoms with E-state index in [-0.39, 0.29) is 12.4 Å². The zero-order chi connectivity index (χ0) is 8.10. The van der Waals surface area contributed by atoms with Gasteiger partial charge in [-0.15, -0.1) is 12.4 Å². The Bertz CT molecular complexity index is 272. The van der Waals surface area contributed by atoms with Gasteiger partial charge in [-0.25, -0.2) is 4.79 Å². The summed E-state index contributed by atoms with van der Waals surface area (Å²) < 4.78 is 0. The van der Waals surface area contributed by atoms with Crippen LogP contribution in [0.1, 0.15) is 5.69 Å². The molecule has 3 nitrogen and oxygen atoms in total. The predicted molar refractivity (Wildman–Crippen MR) is 48.2 cm³/mol. The van der Waals surface area contributed by atoms with E-state index in [9.17, 15) is 4.79 Å². The fourth-order valence-electron chi connectivity index (χ4n) is 0.631. The summed E-state index contributed by atoms with van der Waals surface area (Å²) in [5.41, 5.74) is 0.648. The van der Waals surface area contributed by atoms with Gasteiger partial charge >= 0.3 is 5.97 Å². The summed E-state index contributed by atoms with van der Waals surface area (Å²) in [6, 6.07) is 5.31. The Balaban J connectivity index is 0.00000121. The van der Waals surface area contributed by atoms with Crippen LogP contribution in [0.15, 0.2) is 30.5 Å². The second kappa shape index (κ2) is 5.32. The van der Waals surface area contributed by atoms with Gasteiger partial charge in [0.25, 0.3) is 0 Å². The first-order valence-corrected chi connectivity index (χ1v) is 3.11. The Kier molecular flexibility index (Phi) is 4.72. The minimum atomic E-state index is -0.962. The summed E-state index contributed by atoms with van der Waals surface area (Å²) in [4.78, 5) is 14.0. The molecule has 0 amide bonds. The van der Waals surface area contributed by atoms with E-state index < -0.39 is 5.97 Å². The first-order valence-electron chi connectivity index (χ1n) is 3.11. The summed E-state index contributed by atoms with van der Waals surface area (Å²) in [5, 5.41) is 8.26. The Morgan fingerprint density at radius 3 is 2.75 bits per heavy atom. The van der Waals surface area contributed by atoms with Crippen molar-refractivity contribution >= 4 is 24.5 Å². The van der Waals surface area contributed by atoms with Crippen LogP contribution in [0.25, 0.3) is 6.08 Å². The highest BCUT2D eigenvalue weighted by molar-refractivity contribution is 5.85. The number of aromatic nitrogens is 1. The van der Waals surface area contributed by atoms with Crippen LogP contribution in [0.4, 0.5) is 0 Å². The zero-order valence-corrected chi connectivity index (χ0v) is 6.99. The van der Waals surface area contributed by atoms with Gasteiger partial charge in [-0.1, -0.05) is 6.07 Å². The molecule has 1 rings (SSSR count).